The van der Waals surface area contributed by atoms with Gasteiger partial charge in [-0.25, -0.2) is 0 Å². The van der Waals surface area contributed by atoms with E-state index >= 15 is 0 Å². The second-order valence-electron chi connectivity index (χ2n) is 3.79. The molecule has 1 unspecified atom stereocenters. The van der Waals surface area contributed by atoms with Gasteiger partial charge in [-0.05, 0) is 17.0 Å². The van der Waals surface area contributed by atoms with Crippen molar-refractivity contribution in [1.29, 1.82) is 0 Å². The van der Waals surface area contributed by atoms with Crippen molar-refractivity contribution in [3.8, 4) is 0 Å². The monoisotopic (exact) mass is 266 g/mol. The molecule has 1 aromatic heterocycles. The molecule has 2 aromatic rings. The van der Waals surface area contributed by atoms with Crippen molar-refractivity contribution in [1.82, 2.24) is 5.32 Å². The lowest BCUT2D eigenvalue weighted by molar-refractivity contribution is 0.550. The molecule has 1 atom stereocenters. The Bertz CT molecular complexity index is 455. The molecule has 4 heteroatoms. The fourth-order valence-electron chi connectivity index (χ4n) is 1.67. The minimum Gasteiger partial charge on any atom is -0.329 e. The Morgan fingerprint density at radius 2 is 2.00 bits per heavy atom. The summed E-state index contributed by atoms with van der Waals surface area (Å²) in [4.78, 5) is 1.12. The quantitative estimate of drug-likeness (QED) is 0.872. The average molecular weight is 267 g/mol. The topological polar surface area (TPSA) is 38.0 Å². The number of hydrogen-bond donors (Lipinski definition) is 2. The maximum Gasteiger partial charge on any atom is 0.0561 e. The molecule has 0 spiro atoms. The predicted molar refractivity (Wildman–Crippen MR) is 74.4 cm³/mol. The molecule has 0 aliphatic carbocycles. The van der Waals surface area contributed by atoms with Crippen molar-refractivity contribution < 1.29 is 0 Å². The molecular weight excluding hydrogens is 252 g/mol. The Kier molecular flexibility index (Phi) is 4.57. The Hall–Kier alpha value is -0.870. The van der Waals surface area contributed by atoms with Crippen LogP contribution in [0.2, 0.25) is 5.02 Å². The molecular formula is C13H15ClN2S. The van der Waals surface area contributed by atoms with Crippen LogP contribution in [0.4, 0.5) is 0 Å². The van der Waals surface area contributed by atoms with E-state index in [2.05, 4.69) is 17.4 Å². The van der Waals surface area contributed by atoms with E-state index in [9.17, 15) is 0 Å². The molecule has 1 aromatic carbocycles. The first-order valence-corrected chi connectivity index (χ1v) is 6.77. The molecule has 1 heterocycles. The molecule has 17 heavy (non-hydrogen) atoms. The molecule has 0 saturated heterocycles. The van der Waals surface area contributed by atoms with E-state index < -0.39 is 0 Å². The van der Waals surface area contributed by atoms with Crippen molar-refractivity contribution in [2.24, 2.45) is 5.73 Å². The van der Waals surface area contributed by atoms with Crippen molar-refractivity contribution in [3.63, 3.8) is 0 Å². The predicted octanol–water partition coefficient (Wildman–Crippen LogP) is 3.19. The summed E-state index contributed by atoms with van der Waals surface area (Å²) >= 11 is 7.75. The highest BCUT2D eigenvalue weighted by molar-refractivity contribution is 7.10. The highest BCUT2D eigenvalue weighted by Crippen LogP contribution is 2.28. The lowest BCUT2D eigenvalue weighted by Crippen LogP contribution is -2.27. The fourth-order valence-corrected chi connectivity index (χ4v) is 2.95. The first-order valence-electron chi connectivity index (χ1n) is 5.51. The van der Waals surface area contributed by atoms with Crippen LogP contribution in [-0.4, -0.2) is 6.54 Å². The summed E-state index contributed by atoms with van der Waals surface area (Å²) in [6, 6.07) is 12.3. The normalized spacial score (nSPS) is 12.6. The van der Waals surface area contributed by atoms with Crippen LogP contribution < -0.4 is 11.1 Å². The zero-order valence-electron chi connectivity index (χ0n) is 9.40. The largest absolute Gasteiger partial charge is 0.329 e. The van der Waals surface area contributed by atoms with Gasteiger partial charge in [0, 0.05) is 18.0 Å². The lowest BCUT2D eigenvalue weighted by Gasteiger charge is -2.16. The van der Waals surface area contributed by atoms with Gasteiger partial charge in [-0.3, -0.25) is 0 Å². The second kappa shape index (κ2) is 6.17. The van der Waals surface area contributed by atoms with Gasteiger partial charge >= 0.3 is 0 Å². The maximum absolute atomic E-state index is 6.11. The number of nitrogens with two attached hydrogens (primary N) is 1. The van der Waals surface area contributed by atoms with Crippen LogP contribution in [0.1, 0.15) is 16.5 Å². The van der Waals surface area contributed by atoms with Crippen molar-refractivity contribution in [3.05, 3.63) is 57.2 Å². The zero-order chi connectivity index (χ0) is 12.1. The van der Waals surface area contributed by atoms with Crippen LogP contribution in [0.3, 0.4) is 0 Å². The number of rotatable bonds is 5. The second-order valence-corrected chi connectivity index (χ2v) is 5.14. The van der Waals surface area contributed by atoms with Gasteiger partial charge in [-0.2, -0.15) is 0 Å². The number of nitrogens with one attached hydrogen (secondary N) is 1. The summed E-state index contributed by atoms with van der Waals surface area (Å²) < 4.78 is 0. The average Bonchev–Trinajstić information content (AvgIpc) is 2.78. The molecule has 3 N–H and O–H groups in total. The van der Waals surface area contributed by atoms with Crippen LogP contribution in [0.5, 0.6) is 0 Å². The van der Waals surface area contributed by atoms with E-state index in [1.807, 2.05) is 29.6 Å². The highest BCUT2D eigenvalue weighted by atomic mass is 35.5. The first-order chi connectivity index (χ1) is 8.31. The van der Waals surface area contributed by atoms with E-state index in [0.29, 0.717) is 6.54 Å². The van der Waals surface area contributed by atoms with Crippen molar-refractivity contribution >= 4 is 22.9 Å². The van der Waals surface area contributed by atoms with Crippen LogP contribution in [0, 0.1) is 0 Å². The molecule has 2 nitrogen and oxygen atoms in total. The molecule has 0 bridgehead atoms. The summed E-state index contributed by atoms with van der Waals surface area (Å²) in [5, 5.41) is 6.22. The van der Waals surface area contributed by atoms with E-state index in [1.165, 1.54) is 5.56 Å². The standard InChI is InChI=1S/C13H15ClN2S/c14-11-6-7-17-13(11)12(8-15)16-9-10-4-2-1-3-5-10/h1-7,12,16H,8-9,15H2. The maximum atomic E-state index is 6.11. The molecule has 90 valence electrons. The number of thiophene rings is 1. The summed E-state index contributed by atoms with van der Waals surface area (Å²) in [6.07, 6.45) is 0. The third-order valence-electron chi connectivity index (χ3n) is 2.59. The summed E-state index contributed by atoms with van der Waals surface area (Å²) in [5.74, 6) is 0. The summed E-state index contributed by atoms with van der Waals surface area (Å²) in [7, 11) is 0. The van der Waals surface area contributed by atoms with E-state index in [4.69, 9.17) is 17.3 Å². The third-order valence-corrected chi connectivity index (χ3v) is 4.06. The van der Waals surface area contributed by atoms with Gasteiger partial charge < -0.3 is 11.1 Å². The fraction of sp³-hybridized carbons (Fsp3) is 0.231. The van der Waals surface area contributed by atoms with Crippen molar-refractivity contribution in [2.75, 3.05) is 6.54 Å². The van der Waals surface area contributed by atoms with Gasteiger partial charge in [0.05, 0.1) is 11.1 Å². The van der Waals surface area contributed by atoms with Crippen molar-refractivity contribution in [2.45, 2.75) is 12.6 Å². The van der Waals surface area contributed by atoms with E-state index in [1.54, 1.807) is 11.3 Å². The number of hydrogen-bond acceptors (Lipinski definition) is 3. The molecule has 0 saturated carbocycles. The Morgan fingerprint density at radius 3 is 2.59 bits per heavy atom. The molecule has 2 rings (SSSR count). The van der Waals surface area contributed by atoms with Crippen LogP contribution in [-0.2, 0) is 6.54 Å². The Morgan fingerprint density at radius 1 is 1.24 bits per heavy atom. The summed E-state index contributed by atoms with van der Waals surface area (Å²) in [5.41, 5.74) is 7.03. The van der Waals surface area contributed by atoms with Gasteiger partial charge in [-0.1, -0.05) is 41.9 Å². The smallest absolute Gasteiger partial charge is 0.0561 e. The minimum atomic E-state index is 0.128. The Labute approximate surface area is 110 Å². The minimum absolute atomic E-state index is 0.128. The van der Waals surface area contributed by atoms with Crippen LogP contribution >= 0.6 is 22.9 Å². The van der Waals surface area contributed by atoms with Gasteiger partial charge in [0.1, 0.15) is 0 Å². The van der Waals surface area contributed by atoms with Gasteiger partial charge in [0.25, 0.3) is 0 Å². The molecule has 0 aliphatic rings. The van der Waals surface area contributed by atoms with Crippen LogP contribution in [0.15, 0.2) is 41.8 Å². The van der Waals surface area contributed by atoms with E-state index in [-0.39, 0.29) is 6.04 Å². The zero-order valence-corrected chi connectivity index (χ0v) is 11.0. The van der Waals surface area contributed by atoms with Gasteiger partial charge in [0.2, 0.25) is 0 Å². The molecule has 0 aliphatic heterocycles. The molecule has 0 amide bonds. The molecule has 0 fully saturated rings. The first kappa shape index (κ1) is 12.6. The third kappa shape index (κ3) is 3.30. The highest BCUT2D eigenvalue weighted by Gasteiger charge is 2.13. The molecule has 0 radical (unpaired) electrons. The number of halogens is 1. The SMILES string of the molecule is NCC(NCc1ccccc1)c1sccc1Cl. The van der Waals surface area contributed by atoms with Gasteiger partial charge in [0.15, 0.2) is 0 Å². The van der Waals surface area contributed by atoms with Gasteiger partial charge in [-0.15, -0.1) is 11.3 Å². The lowest BCUT2D eigenvalue weighted by atomic mass is 10.2. The summed E-state index contributed by atoms with van der Waals surface area (Å²) in [6.45, 7) is 1.35. The number of benzene rings is 1. The Balaban J connectivity index is 2.00. The van der Waals surface area contributed by atoms with Crippen LogP contribution in [0.25, 0.3) is 0 Å². The van der Waals surface area contributed by atoms with E-state index in [0.717, 1.165) is 16.4 Å².